The van der Waals surface area contributed by atoms with Crippen molar-refractivity contribution in [2.24, 2.45) is 0 Å². The van der Waals surface area contributed by atoms with Crippen LogP contribution in [-0.4, -0.2) is 16.6 Å². The Morgan fingerprint density at radius 3 is 2.52 bits per heavy atom. The van der Waals surface area contributed by atoms with Crippen molar-refractivity contribution < 1.29 is 8.78 Å². The molecule has 0 amide bonds. The fourth-order valence-electron chi connectivity index (χ4n) is 1.68. The summed E-state index contributed by atoms with van der Waals surface area (Å²) in [6.45, 7) is 0.303. The summed E-state index contributed by atoms with van der Waals surface area (Å²) < 4.78 is 26.8. The molecule has 0 radical (unpaired) electrons. The van der Waals surface area contributed by atoms with E-state index in [2.05, 4.69) is 15.6 Å². The number of hydrogen-bond acceptors (Lipinski definition) is 2. The molecule has 2 rings (SSSR count). The van der Waals surface area contributed by atoms with Gasteiger partial charge >= 0.3 is 0 Å². The van der Waals surface area contributed by atoms with Crippen LogP contribution in [0, 0.1) is 11.6 Å². The molecule has 0 bridgehead atoms. The van der Waals surface area contributed by atoms with Crippen LogP contribution < -0.4 is 10.6 Å². The normalized spacial score (nSPS) is 10.2. The number of rotatable bonds is 4. The summed E-state index contributed by atoms with van der Waals surface area (Å²) in [5, 5.41) is 6.55. The fourth-order valence-corrected chi connectivity index (χ4v) is 2.00. The summed E-state index contributed by atoms with van der Waals surface area (Å²) in [4.78, 5) is 4.02. The maximum Gasteiger partial charge on any atom is 0.171 e. The summed E-state index contributed by atoms with van der Waals surface area (Å²) in [7, 11) is 0. The van der Waals surface area contributed by atoms with Gasteiger partial charge in [0.25, 0.3) is 0 Å². The quantitative estimate of drug-likeness (QED) is 0.842. The van der Waals surface area contributed by atoms with E-state index in [0.29, 0.717) is 22.5 Å². The Balaban J connectivity index is 1.83. The highest BCUT2D eigenvalue weighted by atomic mass is 35.5. The Labute approximate surface area is 131 Å². The minimum atomic E-state index is -0.560. The zero-order valence-electron chi connectivity index (χ0n) is 10.9. The van der Waals surface area contributed by atoms with E-state index in [1.165, 1.54) is 24.4 Å². The van der Waals surface area contributed by atoms with Crippen molar-refractivity contribution in [2.75, 3.05) is 11.9 Å². The van der Waals surface area contributed by atoms with Crippen molar-refractivity contribution >= 4 is 34.7 Å². The van der Waals surface area contributed by atoms with Gasteiger partial charge in [0.2, 0.25) is 0 Å². The largest absolute Gasteiger partial charge is 0.362 e. The average molecular weight is 328 g/mol. The topological polar surface area (TPSA) is 37.0 Å². The van der Waals surface area contributed by atoms with Gasteiger partial charge in [-0.25, -0.2) is 13.8 Å². The third-order valence-corrected chi connectivity index (χ3v) is 3.16. The fraction of sp³-hybridized carbons (Fsp3) is 0.143. The van der Waals surface area contributed by atoms with E-state index in [4.69, 9.17) is 23.8 Å². The molecule has 0 aliphatic heterocycles. The van der Waals surface area contributed by atoms with Crippen molar-refractivity contribution in [3.63, 3.8) is 0 Å². The molecule has 0 atom stereocenters. The maximum absolute atomic E-state index is 13.4. The van der Waals surface area contributed by atoms with Crippen molar-refractivity contribution in [2.45, 2.75) is 6.42 Å². The molecule has 7 heteroatoms. The van der Waals surface area contributed by atoms with E-state index >= 15 is 0 Å². The van der Waals surface area contributed by atoms with Gasteiger partial charge in [-0.2, -0.15) is 0 Å². The van der Waals surface area contributed by atoms with Gasteiger partial charge in [0, 0.05) is 18.3 Å². The molecule has 0 saturated carbocycles. The summed E-state index contributed by atoms with van der Waals surface area (Å²) in [6.07, 6.45) is 1.68. The van der Waals surface area contributed by atoms with Crippen molar-refractivity contribution in [1.29, 1.82) is 0 Å². The first-order chi connectivity index (χ1) is 10.1. The van der Waals surface area contributed by atoms with Gasteiger partial charge in [0.15, 0.2) is 5.11 Å². The molecule has 0 fully saturated rings. The molecule has 0 spiro atoms. The number of thiocarbonyl (C=S) groups is 1. The standard InChI is InChI=1S/C14H12ClF2N3S/c15-9-4-5-13(19-8-9)20-14(21)18-7-6-10-11(16)2-1-3-12(10)17/h1-5,8H,6-7H2,(H2,18,19,20,21). The van der Waals surface area contributed by atoms with Crippen molar-refractivity contribution in [3.8, 4) is 0 Å². The van der Waals surface area contributed by atoms with Gasteiger partial charge < -0.3 is 10.6 Å². The van der Waals surface area contributed by atoms with Crippen LogP contribution in [0.4, 0.5) is 14.6 Å². The number of aromatic nitrogens is 1. The number of halogens is 3. The molecule has 2 N–H and O–H groups in total. The van der Waals surface area contributed by atoms with Gasteiger partial charge in [-0.15, -0.1) is 0 Å². The first kappa shape index (κ1) is 15.6. The Kier molecular flexibility index (Phi) is 5.41. The number of hydrogen-bond donors (Lipinski definition) is 2. The number of benzene rings is 1. The molecule has 1 aromatic heterocycles. The van der Waals surface area contributed by atoms with E-state index in [1.807, 2.05) is 0 Å². The molecule has 21 heavy (non-hydrogen) atoms. The van der Waals surface area contributed by atoms with Crippen molar-refractivity contribution in [1.82, 2.24) is 10.3 Å². The van der Waals surface area contributed by atoms with Crippen LogP contribution in [0.25, 0.3) is 0 Å². The van der Waals surface area contributed by atoms with Gasteiger partial charge in [0.05, 0.1) is 5.02 Å². The molecule has 110 valence electrons. The molecule has 0 unspecified atom stereocenters. The molecule has 0 aliphatic carbocycles. The second kappa shape index (κ2) is 7.28. The second-order valence-electron chi connectivity index (χ2n) is 4.19. The van der Waals surface area contributed by atoms with Gasteiger partial charge in [-0.05, 0) is 42.9 Å². The molecule has 3 nitrogen and oxygen atoms in total. The van der Waals surface area contributed by atoms with Crippen LogP contribution >= 0.6 is 23.8 Å². The van der Waals surface area contributed by atoms with Crippen LogP contribution in [0.2, 0.25) is 5.02 Å². The molecule has 0 aliphatic rings. The minimum absolute atomic E-state index is 0.0393. The Morgan fingerprint density at radius 1 is 1.19 bits per heavy atom. The van der Waals surface area contributed by atoms with E-state index < -0.39 is 11.6 Å². The molecule has 0 saturated heterocycles. The lowest BCUT2D eigenvalue weighted by molar-refractivity contribution is 0.553. The number of anilines is 1. The third-order valence-electron chi connectivity index (χ3n) is 2.69. The lowest BCUT2D eigenvalue weighted by Gasteiger charge is -2.10. The number of pyridine rings is 1. The molecule has 1 heterocycles. The summed E-state index contributed by atoms with van der Waals surface area (Å²) in [6, 6.07) is 7.14. The van der Waals surface area contributed by atoms with Crippen LogP contribution in [-0.2, 0) is 6.42 Å². The number of nitrogens with zero attached hydrogens (tertiary/aromatic N) is 1. The third kappa shape index (κ3) is 4.61. The van der Waals surface area contributed by atoms with Crippen molar-refractivity contribution in [3.05, 3.63) is 58.7 Å². The Bertz CT molecular complexity index is 614. The SMILES string of the molecule is Fc1cccc(F)c1CCNC(=S)Nc1ccc(Cl)cn1. The van der Waals surface area contributed by atoms with Crippen LogP contribution in [0.15, 0.2) is 36.5 Å². The first-order valence-corrected chi connectivity index (χ1v) is 6.94. The molecular weight excluding hydrogens is 316 g/mol. The van der Waals surface area contributed by atoms with E-state index in [1.54, 1.807) is 12.1 Å². The zero-order chi connectivity index (χ0) is 15.2. The Hall–Kier alpha value is -1.79. The van der Waals surface area contributed by atoms with Crippen LogP contribution in [0.1, 0.15) is 5.56 Å². The highest BCUT2D eigenvalue weighted by Crippen LogP contribution is 2.12. The van der Waals surface area contributed by atoms with Crippen LogP contribution in [0.5, 0.6) is 0 Å². The predicted octanol–water partition coefficient (Wildman–Crippen LogP) is 3.54. The maximum atomic E-state index is 13.4. The summed E-state index contributed by atoms with van der Waals surface area (Å²) in [5.74, 6) is -0.584. The van der Waals surface area contributed by atoms with Gasteiger partial charge in [0.1, 0.15) is 17.5 Å². The summed E-state index contributed by atoms with van der Waals surface area (Å²) >= 11 is 10.8. The van der Waals surface area contributed by atoms with E-state index in [-0.39, 0.29) is 12.0 Å². The molecule has 1 aromatic carbocycles. The van der Waals surface area contributed by atoms with E-state index in [9.17, 15) is 8.78 Å². The smallest absolute Gasteiger partial charge is 0.171 e. The highest BCUT2D eigenvalue weighted by molar-refractivity contribution is 7.80. The summed E-state index contributed by atoms with van der Waals surface area (Å²) in [5.41, 5.74) is 0.0393. The van der Waals surface area contributed by atoms with Crippen LogP contribution in [0.3, 0.4) is 0 Å². The van der Waals surface area contributed by atoms with Gasteiger partial charge in [-0.1, -0.05) is 17.7 Å². The highest BCUT2D eigenvalue weighted by Gasteiger charge is 2.08. The predicted molar refractivity (Wildman–Crippen MR) is 83.5 cm³/mol. The number of nitrogens with one attached hydrogen (secondary N) is 2. The lowest BCUT2D eigenvalue weighted by Crippen LogP contribution is -2.30. The zero-order valence-corrected chi connectivity index (χ0v) is 12.4. The molecular formula is C14H12ClF2N3S. The monoisotopic (exact) mass is 327 g/mol. The lowest BCUT2D eigenvalue weighted by atomic mass is 10.1. The first-order valence-electron chi connectivity index (χ1n) is 6.15. The van der Waals surface area contributed by atoms with Gasteiger partial charge in [-0.3, -0.25) is 0 Å². The average Bonchev–Trinajstić information content (AvgIpc) is 2.45. The molecule has 2 aromatic rings. The minimum Gasteiger partial charge on any atom is -0.362 e. The van der Waals surface area contributed by atoms with E-state index in [0.717, 1.165) is 0 Å². The Morgan fingerprint density at radius 2 is 1.90 bits per heavy atom. The second-order valence-corrected chi connectivity index (χ2v) is 5.04.